The molecule has 4 heteroatoms. The number of rotatable bonds is 6. The van der Waals surface area contributed by atoms with E-state index in [1.807, 2.05) is 13.8 Å². The van der Waals surface area contributed by atoms with Crippen LogP contribution in [-0.4, -0.2) is 30.0 Å². The number of aliphatic hydroxyl groups excluding tert-OH is 1. The van der Waals surface area contributed by atoms with Gasteiger partial charge in [-0.2, -0.15) is 0 Å². The molecule has 1 rings (SSSR count). The van der Waals surface area contributed by atoms with E-state index in [0.717, 1.165) is 5.56 Å². The van der Waals surface area contributed by atoms with Gasteiger partial charge in [0, 0.05) is 18.2 Å². The second-order valence-corrected chi connectivity index (χ2v) is 4.12. The molecule has 0 aromatic heterocycles. The van der Waals surface area contributed by atoms with Crippen molar-refractivity contribution in [2.45, 2.75) is 32.4 Å². The third-order valence-electron chi connectivity index (χ3n) is 2.83. The SMILES string of the molecule is CC[C@@H](O)CNC(C)c1cc(OC)ccc1O. The Kier molecular flexibility index (Phi) is 5.25. The van der Waals surface area contributed by atoms with Crippen molar-refractivity contribution in [2.24, 2.45) is 0 Å². The van der Waals surface area contributed by atoms with Gasteiger partial charge < -0.3 is 20.3 Å². The van der Waals surface area contributed by atoms with Gasteiger partial charge in [-0.05, 0) is 31.5 Å². The highest BCUT2D eigenvalue weighted by molar-refractivity contribution is 5.41. The fourth-order valence-corrected chi connectivity index (χ4v) is 1.57. The van der Waals surface area contributed by atoms with Gasteiger partial charge in [0.2, 0.25) is 0 Å². The summed E-state index contributed by atoms with van der Waals surface area (Å²) in [4.78, 5) is 0. The van der Waals surface area contributed by atoms with Crippen LogP contribution in [0.1, 0.15) is 31.9 Å². The van der Waals surface area contributed by atoms with Gasteiger partial charge in [-0.25, -0.2) is 0 Å². The van der Waals surface area contributed by atoms with Gasteiger partial charge in [-0.1, -0.05) is 6.92 Å². The maximum Gasteiger partial charge on any atom is 0.120 e. The molecule has 0 amide bonds. The first kappa shape index (κ1) is 13.8. The van der Waals surface area contributed by atoms with Crippen molar-refractivity contribution in [3.8, 4) is 11.5 Å². The number of methoxy groups -OCH3 is 1. The molecule has 17 heavy (non-hydrogen) atoms. The molecule has 4 nitrogen and oxygen atoms in total. The number of aliphatic hydroxyl groups is 1. The number of benzene rings is 1. The molecule has 0 saturated heterocycles. The lowest BCUT2D eigenvalue weighted by Crippen LogP contribution is -2.28. The van der Waals surface area contributed by atoms with Crippen molar-refractivity contribution >= 4 is 0 Å². The number of hydrogen-bond acceptors (Lipinski definition) is 4. The predicted octanol–water partition coefficient (Wildman–Crippen LogP) is 1.82. The van der Waals surface area contributed by atoms with Gasteiger partial charge in [0.25, 0.3) is 0 Å². The first-order chi connectivity index (χ1) is 8.08. The number of hydrogen-bond donors (Lipinski definition) is 3. The maximum absolute atomic E-state index is 9.77. The molecule has 0 saturated carbocycles. The Bertz CT molecular complexity index is 355. The van der Waals surface area contributed by atoms with Crippen LogP contribution < -0.4 is 10.1 Å². The van der Waals surface area contributed by atoms with E-state index in [0.29, 0.717) is 18.7 Å². The van der Waals surface area contributed by atoms with Crippen LogP contribution in [0.4, 0.5) is 0 Å². The van der Waals surface area contributed by atoms with E-state index in [4.69, 9.17) is 4.74 Å². The Morgan fingerprint density at radius 2 is 2.12 bits per heavy atom. The summed E-state index contributed by atoms with van der Waals surface area (Å²) in [5.74, 6) is 0.944. The van der Waals surface area contributed by atoms with Crippen LogP contribution in [0.25, 0.3) is 0 Å². The minimum absolute atomic E-state index is 0.0358. The van der Waals surface area contributed by atoms with E-state index < -0.39 is 0 Å². The average Bonchev–Trinajstić information content (AvgIpc) is 2.36. The molecular formula is C13H21NO3. The summed E-state index contributed by atoms with van der Waals surface area (Å²) in [5.41, 5.74) is 0.771. The lowest BCUT2D eigenvalue weighted by molar-refractivity contribution is 0.163. The minimum atomic E-state index is -0.356. The average molecular weight is 239 g/mol. The van der Waals surface area contributed by atoms with Crippen LogP contribution in [0.2, 0.25) is 0 Å². The monoisotopic (exact) mass is 239 g/mol. The molecule has 0 aliphatic carbocycles. The molecule has 0 fully saturated rings. The normalized spacial score (nSPS) is 14.4. The predicted molar refractivity (Wildman–Crippen MR) is 67.4 cm³/mol. The quantitative estimate of drug-likeness (QED) is 0.708. The number of phenols is 1. The molecule has 1 aromatic rings. The molecule has 0 aliphatic rings. The highest BCUT2D eigenvalue weighted by Crippen LogP contribution is 2.28. The number of nitrogens with one attached hydrogen (secondary N) is 1. The van der Waals surface area contributed by atoms with Crippen molar-refractivity contribution < 1.29 is 14.9 Å². The van der Waals surface area contributed by atoms with Gasteiger partial charge in [0.15, 0.2) is 0 Å². The maximum atomic E-state index is 9.77. The van der Waals surface area contributed by atoms with Crippen molar-refractivity contribution in [2.75, 3.05) is 13.7 Å². The van der Waals surface area contributed by atoms with Crippen LogP contribution in [0.15, 0.2) is 18.2 Å². The van der Waals surface area contributed by atoms with Gasteiger partial charge in [0.1, 0.15) is 11.5 Å². The van der Waals surface area contributed by atoms with Crippen LogP contribution in [0.5, 0.6) is 11.5 Å². The van der Waals surface area contributed by atoms with E-state index in [9.17, 15) is 10.2 Å². The zero-order valence-corrected chi connectivity index (χ0v) is 10.6. The smallest absolute Gasteiger partial charge is 0.120 e. The lowest BCUT2D eigenvalue weighted by Gasteiger charge is -2.18. The standard InChI is InChI=1S/C13H21NO3/c1-4-10(15)8-14-9(2)12-7-11(17-3)5-6-13(12)16/h5-7,9-10,14-16H,4,8H2,1-3H3/t9?,10-/m1/s1. The fourth-order valence-electron chi connectivity index (χ4n) is 1.57. The number of ether oxygens (including phenoxy) is 1. The van der Waals surface area contributed by atoms with Gasteiger partial charge in [0.05, 0.1) is 13.2 Å². The van der Waals surface area contributed by atoms with Gasteiger partial charge >= 0.3 is 0 Å². The molecular weight excluding hydrogens is 218 g/mol. The largest absolute Gasteiger partial charge is 0.508 e. The van der Waals surface area contributed by atoms with Gasteiger partial charge in [-0.15, -0.1) is 0 Å². The molecule has 2 atom stereocenters. The highest BCUT2D eigenvalue weighted by Gasteiger charge is 2.12. The molecule has 0 bridgehead atoms. The van der Waals surface area contributed by atoms with Crippen LogP contribution in [-0.2, 0) is 0 Å². The van der Waals surface area contributed by atoms with Crippen molar-refractivity contribution in [1.29, 1.82) is 0 Å². The fraction of sp³-hybridized carbons (Fsp3) is 0.538. The first-order valence-electron chi connectivity index (χ1n) is 5.86. The summed E-state index contributed by atoms with van der Waals surface area (Å²) < 4.78 is 5.12. The zero-order chi connectivity index (χ0) is 12.8. The summed E-state index contributed by atoms with van der Waals surface area (Å²) in [6.45, 7) is 4.38. The Balaban J connectivity index is 2.70. The van der Waals surface area contributed by atoms with Crippen LogP contribution in [0.3, 0.4) is 0 Å². The number of aromatic hydroxyl groups is 1. The van der Waals surface area contributed by atoms with E-state index >= 15 is 0 Å². The molecule has 0 spiro atoms. The molecule has 3 N–H and O–H groups in total. The second-order valence-electron chi connectivity index (χ2n) is 4.12. The topological polar surface area (TPSA) is 61.7 Å². The van der Waals surface area contributed by atoms with E-state index in [1.165, 1.54) is 0 Å². The third kappa shape index (κ3) is 3.91. The van der Waals surface area contributed by atoms with Crippen LogP contribution >= 0.6 is 0 Å². The van der Waals surface area contributed by atoms with Crippen LogP contribution in [0, 0.1) is 0 Å². The minimum Gasteiger partial charge on any atom is -0.508 e. The molecule has 1 unspecified atom stereocenters. The van der Waals surface area contributed by atoms with Crippen molar-refractivity contribution in [1.82, 2.24) is 5.32 Å². The summed E-state index contributed by atoms with van der Waals surface area (Å²) >= 11 is 0. The van der Waals surface area contributed by atoms with Crippen molar-refractivity contribution in [3.63, 3.8) is 0 Å². The van der Waals surface area contributed by atoms with Gasteiger partial charge in [-0.3, -0.25) is 0 Å². The first-order valence-corrected chi connectivity index (χ1v) is 5.86. The second kappa shape index (κ2) is 6.47. The van der Waals surface area contributed by atoms with E-state index in [2.05, 4.69) is 5.32 Å². The molecule has 96 valence electrons. The molecule has 1 aromatic carbocycles. The molecule has 0 heterocycles. The van der Waals surface area contributed by atoms with Crippen molar-refractivity contribution in [3.05, 3.63) is 23.8 Å². The van der Waals surface area contributed by atoms with E-state index in [1.54, 1.807) is 25.3 Å². The molecule has 0 radical (unpaired) electrons. The number of phenolic OH excluding ortho intramolecular Hbond substituents is 1. The summed E-state index contributed by atoms with van der Waals surface area (Å²) in [6.07, 6.45) is 0.356. The Hall–Kier alpha value is -1.26. The van der Waals surface area contributed by atoms with E-state index in [-0.39, 0.29) is 17.9 Å². The lowest BCUT2D eigenvalue weighted by atomic mass is 10.1. The summed E-state index contributed by atoms with van der Waals surface area (Å²) in [5, 5.41) is 22.4. The third-order valence-corrected chi connectivity index (χ3v) is 2.83. The Morgan fingerprint density at radius 3 is 2.71 bits per heavy atom. The summed E-state index contributed by atoms with van der Waals surface area (Å²) in [7, 11) is 1.59. The summed E-state index contributed by atoms with van der Waals surface area (Å²) in [6, 6.07) is 5.09. The highest BCUT2D eigenvalue weighted by atomic mass is 16.5. The Labute approximate surface area is 102 Å². The zero-order valence-electron chi connectivity index (χ0n) is 10.6. The molecule has 0 aliphatic heterocycles. The Morgan fingerprint density at radius 1 is 1.41 bits per heavy atom.